The van der Waals surface area contributed by atoms with Crippen LogP contribution in [0.1, 0.15) is 22.9 Å². The first-order valence-corrected chi connectivity index (χ1v) is 7.01. The summed E-state index contributed by atoms with van der Waals surface area (Å²) in [6, 6.07) is 8.41. The molecule has 0 spiro atoms. The van der Waals surface area contributed by atoms with E-state index in [9.17, 15) is 10.1 Å². The summed E-state index contributed by atoms with van der Waals surface area (Å²) >= 11 is 1.63. The van der Waals surface area contributed by atoms with Gasteiger partial charge in [-0.1, -0.05) is 6.92 Å². The first kappa shape index (κ1) is 14.0. The summed E-state index contributed by atoms with van der Waals surface area (Å²) in [6.07, 6.45) is 0.940. The highest BCUT2D eigenvalue weighted by atomic mass is 32.1. The minimum atomic E-state index is -0.474. The molecule has 1 aromatic carbocycles. The van der Waals surface area contributed by atoms with E-state index in [-0.39, 0.29) is 11.3 Å². The van der Waals surface area contributed by atoms with Gasteiger partial charge in [0.25, 0.3) is 5.69 Å². The van der Waals surface area contributed by atoms with E-state index in [1.807, 2.05) is 11.4 Å². The third-order valence-electron chi connectivity index (χ3n) is 2.98. The van der Waals surface area contributed by atoms with E-state index in [2.05, 4.69) is 18.3 Å². The number of thiophene rings is 1. The highest BCUT2D eigenvalue weighted by molar-refractivity contribution is 7.10. The van der Waals surface area contributed by atoms with Gasteiger partial charge < -0.3 is 5.32 Å². The van der Waals surface area contributed by atoms with E-state index in [4.69, 9.17) is 5.26 Å². The lowest BCUT2D eigenvalue weighted by molar-refractivity contribution is -0.384. The van der Waals surface area contributed by atoms with Gasteiger partial charge in [-0.15, -0.1) is 11.3 Å². The van der Waals surface area contributed by atoms with Crippen LogP contribution in [-0.2, 0) is 13.0 Å². The van der Waals surface area contributed by atoms with E-state index < -0.39 is 4.92 Å². The van der Waals surface area contributed by atoms with Gasteiger partial charge in [0.15, 0.2) is 0 Å². The number of nitro benzene ring substituents is 1. The summed E-state index contributed by atoms with van der Waals surface area (Å²) in [5.74, 6) is 0. The van der Waals surface area contributed by atoms with Crippen LogP contribution in [0.25, 0.3) is 0 Å². The van der Waals surface area contributed by atoms with Gasteiger partial charge in [-0.25, -0.2) is 0 Å². The molecule has 0 atom stereocenters. The zero-order valence-electron chi connectivity index (χ0n) is 10.9. The Morgan fingerprint density at radius 2 is 2.25 bits per heavy atom. The molecule has 0 fully saturated rings. The fourth-order valence-corrected chi connectivity index (χ4v) is 2.83. The van der Waals surface area contributed by atoms with E-state index >= 15 is 0 Å². The molecular weight excluding hydrogens is 274 g/mol. The molecule has 5 nitrogen and oxygen atoms in total. The van der Waals surface area contributed by atoms with Gasteiger partial charge in [0.2, 0.25) is 0 Å². The highest BCUT2D eigenvalue weighted by Crippen LogP contribution is 2.27. The Morgan fingerprint density at radius 3 is 2.90 bits per heavy atom. The molecule has 6 heteroatoms. The molecule has 0 amide bonds. The van der Waals surface area contributed by atoms with Gasteiger partial charge in [-0.2, -0.15) is 5.26 Å². The second-order valence-corrected chi connectivity index (χ2v) is 5.18. The average molecular weight is 287 g/mol. The Morgan fingerprint density at radius 1 is 1.45 bits per heavy atom. The van der Waals surface area contributed by atoms with Crippen molar-refractivity contribution in [1.29, 1.82) is 5.26 Å². The summed E-state index contributed by atoms with van der Waals surface area (Å²) in [5, 5.41) is 24.9. The Kier molecular flexibility index (Phi) is 4.33. The molecule has 0 aliphatic heterocycles. The van der Waals surface area contributed by atoms with Gasteiger partial charge in [0.1, 0.15) is 5.69 Å². The number of rotatable bonds is 5. The zero-order chi connectivity index (χ0) is 14.5. The number of hydrogen-bond donors (Lipinski definition) is 1. The lowest BCUT2D eigenvalue weighted by atomic mass is 10.1. The summed E-state index contributed by atoms with van der Waals surface area (Å²) in [5.41, 5.74) is 1.90. The van der Waals surface area contributed by atoms with Crippen LogP contribution in [0.3, 0.4) is 0 Å². The molecule has 0 bridgehead atoms. The normalized spacial score (nSPS) is 10.0. The van der Waals surface area contributed by atoms with Crippen LogP contribution < -0.4 is 5.32 Å². The van der Waals surface area contributed by atoms with E-state index in [0.717, 1.165) is 6.42 Å². The number of hydrogen-bond acceptors (Lipinski definition) is 5. The quantitative estimate of drug-likeness (QED) is 0.671. The summed E-state index contributed by atoms with van der Waals surface area (Å²) < 4.78 is 0. The molecule has 102 valence electrons. The van der Waals surface area contributed by atoms with Crippen molar-refractivity contribution < 1.29 is 4.92 Å². The van der Waals surface area contributed by atoms with Crippen molar-refractivity contribution in [1.82, 2.24) is 0 Å². The maximum Gasteiger partial charge on any atom is 0.293 e. The van der Waals surface area contributed by atoms with Crippen LogP contribution >= 0.6 is 11.3 Å². The van der Waals surface area contributed by atoms with Crippen LogP contribution in [0.4, 0.5) is 11.4 Å². The molecule has 0 aliphatic carbocycles. The third-order valence-corrected chi connectivity index (χ3v) is 3.94. The number of anilines is 1. The summed E-state index contributed by atoms with van der Waals surface area (Å²) in [4.78, 5) is 11.7. The zero-order valence-corrected chi connectivity index (χ0v) is 11.7. The maximum absolute atomic E-state index is 11.0. The molecule has 2 rings (SSSR count). The van der Waals surface area contributed by atoms with Crippen LogP contribution in [0, 0.1) is 21.4 Å². The minimum absolute atomic E-state index is 0.0707. The molecule has 0 radical (unpaired) electrons. The van der Waals surface area contributed by atoms with Gasteiger partial charge >= 0.3 is 0 Å². The lowest BCUT2D eigenvalue weighted by Crippen LogP contribution is -2.03. The predicted molar refractivity (Wildman–Crippen MR) is 78.8 cm³/mol. The highest BCUT2D eigenvalue weighted by Gasteiger charge is 2.15. The molecule has 1 N–H and O–H groups in total. The molecule has 1 aromatic heterocycles. The molecule has 2 aromatic rings. The SMILES string of the molecule is CCc1ccsc1CNc1ccc(C#N)cc1[N+](=O)[O-]. The van der Waals surface area contributed by atoms with E-state index in [1.54, 1.807) is 23.5 Å². The second kappa shape index (κ2) is 6.17. The Balaban J connectivity index is 2.21. The smallest absolute Gasteiger partial charge is 0.293 e. The maximum atomic E-state index is 11.0. The number of nitriles is 1. The van der Waals surface area contributed by atoms with Gasteiger partial charge in [0.05, 0.1) is 16.6 Å². The van der Waals surface area contributed by atoms with Crippen LogP contribution in [-0.4, -0.2) is 4.92 Å². The average Bonchev–Trinajstić information content (AvgIpc) is 2.92. The van der Waals surface area contributed by atoms with E-state index in [0.29, 0.717) is 12.2 Å². The van der Waals surface area contributed by atoms with Crippen molar-refractivity contribution in [2.24, 2.45) is 0 Å². The van der Waals surface area contributed by atoms with Gasteiger partial charge in [-0.3, -0.25) is 10.1 Å². The number of nitrogens with zero attached hydrogens (tertiary/aromatic N) is 2. The van der Waals surface area contributed by atoms with Crippen molar-refractivity contribution in [2.45, 2.75) is 19.9 Å². The van der Waals surface area contributed by atoms with Crippen molar-refractivity contribution in [2.75, 3.05) is 5.32 Å². The number of nitrogens with one attached hydrogen (secondary N) is 1. The van der Waals surface area contributed by atoms with Crippen LogP contribution in [0.2, 0.25) is 0 Å². The first-order chi connectivity index (χ1) is 9.65. The van der Waals surface area contributed by atoms with Crippen LogP contribution in [0.15, 0.2) is 29.6 Å². The minimum Gasteiger partial charge on any atom is -0.375 e. The molecule has 20 heavy (non-hydrogen) atoms. The van der Waals surface area contributed by atoms with Crippen molar-refractivity contribution in [3.8, 4) is 6.07 Å². The predicted octanol–water partition coefficient (Wildman–Crippen LogP) is 3.70. The molecule has 0 saturated carbocycles. The largest absolute Gasteiger partial charge is 0.375 e. The van der Waals surface area contributed by atoms with Crippen molar-refractivity contribution >= 4 is 22.7 Å². The molecular formula is C14H13N3O2S. The van der Waals surface area contributed by atoms with Gasteiger partial charge in [0, 0.05) is 17.5 Å². The van der Waals surface area contributed by atoms with Crippen molar-refractivity contribution in [3.63, 3.8) is 0 Å². The van der Waals surface area contributed by atoms with Crippen LogP contribution in [0.5, 0.6) is 0 Å². The van der Waals surface area contributed by atoms with Crippen molar-refractivity contribution in [3.05, 3.63) is 55.8 Å². The van der Waals surface area contributed by atoms with Gasteiger partial charge in [-0.05, 0) is 35.6 Å². The third kappa shape index (κ3) is 2.95. The second-order valence-electron chi connectivity index (χ2n) is 4.18. The Labute approximate surface area is 120 Å². The molecule has 0 unspecified atom stereocenters. The summed E-state index contributed by atoms with van der Waals surface area (Å²) in [7, 11) is 0. The number of benzene rings is 1. The number of nitro groups is 1. The fraction of sp³-hybridized carbons (Fsp3) is 0.214. The lowest BCUT2D eigenvalue weighted by Gasteiger charge is -2.07. The molecule has 1 heterocycles. The van der Waals surface area contributed by atoms with E-state index in [1.165, 1.54) is 16.5 Å². The Bertz CT molecular complexity index is 673. The molecule has 0 aliphatic rings. The summed E-state index contributed by atoms with van der Waals surface area (Å²) in [6.45, 7) is 2.63. The Hall–Kier alpha value is -2.39. The first-order valence-electron chi connectivity index (χ1n) is 6.13. The standard InChI is InChI=1S/C14H13N3O2S/c1-2-11-5-6-20-14(11)9-16-12-4-3-10(8-15)7-13(12)17(18)19/h3-7,16H,2,9H2,1H3. The monoisotopic (exact) mass is 287 g/mol. The molecule has 0 saturated heterocycles. The fourth-order valence-electron chi connectivity index (χ4n) is 1.91. The topological polar surface area (TPSA) is 79.0 Å². The number of aryl methyl sites for hydroxylation is 1.